The highest BCUT2D eigenvalue weighted by Crippen LogP contribution is 2.29. The van der Waals surface area contributed by atoms with Crippen molar-refractivity contribution in [3.05, 3.63) is 24.3 Å². The molecule has 1 heterocycles. The van der Waals surface area contributed by atoms with Gasteiger partial charge in [-0.25, -0.2) is 0 Å². The number of amides is 1. The number of anilines is 1. The predicted molar refractivity (Wildman–Crippen MR) is 49.7 cm³/mol. The molecule has 0 saturated carbocycles. The molecule has 0 aliphatic carbocycles. The number of rotatable bonds is 1. The van der Waals surface area contributed by atoms with Gasteiger partial charge in [0, 0.05) is 0 Å². The molecule has 1 unspecified atom stereocenters. The van der Waals surface area contributed by atoms with Crippen molar-refractivity contribution >= 4 is 11.6 Å². The van der Waals surface area contributed by atoms with Gasteiger partial charge in [-0.1, -0.05) is 12.1 Å². The first-order valence-corrected chi connectivity index (χ1v) is 4.25. The lowest BCUT2D eigenvalue weighted by Crippen LogP contribution is -2.36. The van der Waals surface area contributed by atoms with Gasteiger partial charge in [0.05, 0.1) is 18.2 Å². The van der Waals surface area contributed by atoms with E-state index in [0.717, 1.165) is 0 Å². The number of fused-ring (bicyclic) bond motifs is 1. The molecule has 0 aromatic heterocycles. The Morgan fingerprint density at radius 1 is 1.50 bits per heavy atom. The zero-order valence-electron chi connectivity index (χ0n) is 7.36. The molecule has 0 radical (unpaired) electrons. The van der Waals surface area contributed by atoms with Gasteiger partial charge >= 0.3 is 0 Å². The minimum absolute atomic E-state index is 0.0696. The van der Waals surface area contributed by atoms with Crippen LogP contribution in [0.5, 0.6) is 5.75 Å². The fourth-order valence-corrected chi connectivity index (χ4v) is 1.31. The number of hydrogen-bond acceptors (Lipinski definition) is 3. The first kappa shape index (κ1) is 8.57. The van der Waals surface area contributed by atoms with Crippen LogP contribution in [-0.4, -0.2) is 12.0 Å². The zero-order chi connectivity index (χ0) is 9.97. The topological polar surface area (TPSA) is 62.1 Å². The standard InChI is InChI=1S/C10H8N2O2/c11-6-5-9-10(13)12-7-3-1-2-4-8(7)14-9/h1-4,9H,5H2,(H,12,13). The molecular formula is C10H8N2O2. The van der Waals surface area contributed by atoms with Crippen molar-refractivity contribution in [2.45, 2.75) is 12.5 Å². The van der Waals surface area contributed by atoms with E-state index >= 15 is 0 Å². The highest BCUT2D eigenvalue weighted by molar-refractivity contribution is 5.97. The first-order valence-electron chi connectivity index (χ1n) is 4.25. The van der Waals surface area contributed by atoms with Crippen LogP contribution in [0, 0.1) is 11.3 Å². The fraction of sp³-hybridized carbons (Fsp3) is 0.200. The summed E-state index contributed by atoms with van der Waals surface area (Å²) in [5, 5.41) is 11.2. The highest BCUT2D eigenvalue weighted by atomic mass is 16.5. The third-order valence-electron chi connectivity index (χ3n) is 1.98. The SMILES string of the molecule is N#CCC1Oc2ccccc2NC1=O. The molecule has 4 nitrogen and oxygen atoms in total. The summed E-state index contributed by atoms with van der Waals surface area (Å²) in [5.41, 5.74) is 0.659. The number of benzene rings is 1. The van der Waals surface area contributed by atoms with E-state index in [0.29, 0.717) is 11.4 Å². The number of para-hydroxylation sites is 2. The zero-order valence-corrected chi connectivity index (χ0v) is 7.36. The Bertz CT molecular complexity index is 409. The maximum atomic E-state index is 11.4. The van der Waals surface area contributed by atoms with Gasteiger partial charge in [0.15, 0.2) is 6.10 Å². The summed E-state index contributed by atoms with van der Waals surface area (Å²) < 4.78 is 5.35. The molecule has 0 saturated heterocycles. The highest BCUT2D eigenvalue weighted by Gasteiger charge is 2.26. The van der Waals surface area contributed by atoms with Gasteiger partial charge in [-0.15, -0.1) is 0 Å². The van der Waals surface area contributed by atoms with Gasteiger partial charge in [-0.3, -0.25) is 4.79 Å². The number of carbonyl (C=O) groups is 1. The van der Waals surface area contributed by atoms with Crippen LogP contribution in [0.3, 0.4) is 0 Å². The molecule has 14 heavy (non-hydrogen) atoms. The predicted octanol–water partition coefficient (Wildman–Crippen LogP) is 1.30. The van der Waals surface area contributed by atoms with E-state index in [2.05, 4.69) is 5.32 Å². The summed E-state index contributed by atoms with van der Waals surface area (Å²) in [6, 6.07) is 9.07. The summed E-state index contributed by atoms with van der Waals surface area (Å²) >= 11 is 0. The van der Waals surface area contributed by atoms with Crippen LogP contribution < -0.4 is 10.1 Å². The van der Waals surface area contributed by atoms with Crippen LogP contribution in [0.15, 0.2) is 24.3 Å². The van der Waals surface area contributed by atoms with Crippen LogP contribution in [0.25, 0.3) is 0 Å². The number of nitrogens with one attached hydrogen (secondary N) is 1. The van der Waals surface area contributed by atoms with E-state index in [4.69, 9.17) is 10.00 Å². The van der Waals surface area contributed by atoms with Crippen molar-refractivity contribution in [3.8, 4) is 11.8 Å². The molecular weight excluding hydrogens is 180 g/mol. The van der Waals surface area contributed by atoms with E-state index in [1.165, 1.54) is 0 Å². The Kier molecular flexibility index (Phi) is 2.07. The number of ether oxygens (including phenoxy) is 1. The Balaban J connectivity index is 2.28. The second-order valence-corrected chi connectivity index (χ2v) is 2.95. The molecule has 0 spiro atoms. The summed E-state index contributed by atoms with van der Waals surface area (Å²) in [6.07, 6.45) is -0.616. The smallest absolute Gasteiger partial charge is 0.266 e. The molecule has 70 valence electrons. The van der Waals surface area contributed by atoms with E-state index in [1.807, 2.05) is 18.2 Å². The number of nitriles is 1. The van der Waals surface area contributed by atoms with Gasteiger partial charge in [0.1, 0.15) is 5.75 Å². The molecule has 1 aliphatic heterocycles. The monoisotopic (exact) mass is 188 g/mol. The molecule has 2 rings (SSSR count). The van der Waals surface area contributed by atoms with Crippen LogP contribution in [0.4, 0.5) is 5.69 Å². The van der Waals surface area contributed by atoms with Gasteiger partial charge in [-0.2, -0.15) is 5.26 Å². The maximum Gasteiger partial charge on any atom is 0.266 e. The van der Waals surface area contributed by atoms with E-state index in [9.17, 15) is 4.79 Å². The molecule has 1 N–H and O–H groups in total. The third kappa shape index (κ3) is 1.40. The van der Waals surface area contributed by atoms with Gasteiger partial charge in [-0.05, 0) is 12.1 Å². The molecule has 0 fully saturated rings. The number of carbonyl (C=O) groups excluding carboxylic acids is 1. The average Bonchev–Trinajstić information content (AvgIpc) is 2.19. The van der Waals surface area contributed by atoms with Crippen molar-refractivity contribution in [1.82, 2.24) is 0 Å². The van der Waals surface area contributed by atoms with Crippen molar-refractivity contribution < 1.29 is 9.53 Å². The molecule has 1 aliphatic rings. The lowest BCUT2D eigenvalue weighted by atomic mass is 10.2. The summed E-state index contributed by atoms with van der Waals surface area (Å²) in [5.74, 6) is 0.359. The van der Waals surface area contributed by atoms with Crippen molar-refractivity contribution in [1.29, 1.82) is 5.26 Å². The maximum absolute atomic E-state index is 11.4. The van der Waals surface area contributed by atoms with Gasteiger partial charge in [0.25, 0.3) is 5.91 Å². The minimum atomic E-state index is -0.685. The van der Waals surface area contributed by atoms with E-state index in [-0.39, 0.29) is 12.3 Å². The molecule has 4 heteroatoms. The first-order chi connectivity index (χ1) is 6.81. The Morgan fingerprint density at radius 2 is 2.29 bits per heavy atom. The molecule has 1 aromatic rings. The van der Waals surface area contributed by atoms with Gasteiger partial charge < -0.3 is 10.1 Å². The fourth-order valence-electron chi connectivity index (χ4n) is 1.31. The second kappa shape index (κ2) is 3.38. The third-order valence-corrected chi connectivity index (χ3v) is 1.98. The summed E-state index contributed by atoms with van der Waals surface area (Å²) in [7, 11) is 0. The van der Waals surface area contributed by atoms with Crippen LogP contribution >= 0.6 is 0 Å². The molecule has 1 atom stereocenters. The Labute approximate surface area is 81.1 Å². The lowest BCUT2D eigenvalue weighted by Gasteiger charge is -2.23. The summed E-state index contributed by atoms with van der Waals surface area (Å²) in [6.45, 7) is 0. The van der Waals surface area contributed by atoms with E-state index < -0.39 is 6.10 Å². The quantitative estimate of drug-likeness (QED) is 0.722. The molecule has 1 amide bonds. The average molecular weight is 188 g/mol. The lowest BCUT2D eigenvalue weighted by molar-refractivity contribution is -0.123. The van der Waals surface area contributed by atoms with Crippen LogP contribution in [0.2, 0.25) is 0 Å². The number of hydrogen-bond donors (Lipinski definition) is 1. The second-order valence-electron chi connectivity index (χ2n) is 2.95. The number of nitrogens with zero attached hydrogens (tertiary/aromatic N) is 1. The van der Waals surface area contributed by atoms with Crippen molar-refractivity contribution in [2.75, 3.05) is 5.32 Å². The molecule has 1 aromatic carbocycles. The Hall–Kier alpha value is -2.02. The minimum Gasteiger partial charge on any atom is -0.477 e. The van der Waals surface area contributed by atoms with Gasteiger partial charge in [0.2, 0.25) is 0 Å². The normalized spacial score (nSPS) is 18.8. The van der Waals surface area contributed by atoms with Crippen LogP contribution in [-0.2, 0) is 4.79 Å². The van der Waals surface area contributed by atoms with Crippen molar-refractivity contribution in [3.63, 3.8) is 0 Å². The Morgan fingerprint density at radius 3 is 3.07 bits per heavy atom. The molecule has 0 bridgehead atoms. The van der Waals surface area contributed by atoms with E-state index in [1.54, 1.807) is 12.1 Å². The summed E-state index contributed by atoms with van der Waals surface area (Å²) in [4.78, 5) is 11.4. The van der Waals surface area contributed by atoms with Crippen LogP contribution in [0.1, 0.15) is 6.42 Å². The van der Waals surface area contributed by atoms with Crippen molar-refractivity contribution in [2.24, 2.45) is 0 Å². The largest absolute Gasteiger partial charge is 0.477 e.